The van der Waals surface area contributed by atoms with E-state index in [0.717, 1.165) is 19.4 Å². The van der Waals surface area contributed by atoms with Crippen molar-refractivity contribution in [2.24, 2.45) is 11.7 Å². The molecule has 7 nitrogen and oxygen atoms in total. The van der Waals surface area contributed by atoms with E-state index in [9.17, 15) is 4.79 Å². The minimum atomic E-state index is 0. The Bertz CT molecular complexity index is 735. The third-order valence-corrected chi connectivity index (χ3v) is 4.79. The van der Waals surface area contributed by atoms with Gasteiger partial charge in [0.2, 0.25) is 11.7 Å². The van der Waals surface area contributed by atoms with E-state index >= 15 is 0 Å². The first-order valence-electron chi connectivity index (χ1n) is 9.16. The zero-order chi connectivity index (χ0) is 18.5. The Balaban J connectivity index is 0.00000261. The molecule has 1 amide bonds. The van der Waals surface area contributed by atoms with Crippen LogP contribution < -0.4 is 10.5 Å². The molecule has 27 heavy (non-hydrogen) atoms. The molecule has 0 bridgehead atoms. The van der Waals surface area contributed by atoms with Crippen LogP contribution in [0.2, 0.25) is 0 Å². The summed E-state index contributed by atoms with van der Waals surface area (Å²) >= 11 is 0. The number of likely N-dealkylation sites (tertiary alicyclic amines) is 1. The highest BCUT2D eigenvalue weighted by Crippen LogP contribution is 2.24. The van der Waals surface area contributed by atoms with Gasteiger partial charge in [-0.15, -0.1) is 12.4 Å². The van der Waals surface area contributed by atoms with Crippen molar-refractivity contribution in [3.05, 3.63) is 41.5 Å². The number of halogens is 1. The molecule has 0 spiro atoms. The maximum absolute atomic E-state index is 12.8. The molecule has 2 N–H and O–H groups in total. The van der Waals surface area contributed by atoms with Crippen LogP contribution in [0.15, 0.2) is 28.8 Å². The smallest absolute Gasteiger partial charge is 0.254 e. The highest BCUT2D eigenvalue weighted by molar-refractivity contribution is 5.94. The quantitative estimate of drug-likeness (QED) is 0.809. The van der Waals surface area contributed by atoms with Crippen LogP contribution in [0.5, 0.6) is 5.75 Å². The summed E-state index contributed by atoms with van der Waals surface area (Å²) in [6.07, 6.45) is 2.69. The van der Waals surface area contributed by atoms with E-state index in [1.807, 2.05) is 11.8 Å². The van der Waals surface area contributed by atoms with E-state index in [2.05, 4.69) is 17.1 Å². The van der Waals surface area contributed by atoms with Crippen LogP contribution in [0.3, 0.4) is 0 Å². The lowest BCUT2D eigenvalue weighted by Gasteiger charge is -2.38. The van der Waals surface area contributed by atoms with Crippen LogP contribution in [0.4, 0.5) is 0 Å². The van der Waals surface area contributed by atoms with Crippen LogP contribution in [0, 0.1) is 5.92 Å². The fraction of sp³-hybridized carbons (Fsp3) is 0.526. The second kappa shape index (κ2) is 9.71. The average Bonchev–Trinajstić information content (AvgIpc) is 3.14. The SMILES string of the molecule is CCc1nc(COc2ccc(C(=O)N3CCC(C)CC3CN)cc2)no1.Cl. The number of carbonyl (C=O) groups excluding carboxylic acids is 1. The van der Waals surface area contributed by atoms with Gasteiger partial charge in [-0.2, -0.15) is 4.98 Å². The van der Waals surface area contributed by atoms with Crippen LogP contribution in [0.25, 0.3) is 0 Å². The first kappa shape index (κ1) is 21.2. The van der Waals surface area contributed by atoms with Crippen LogP contribution in [0.1, 0.15) is 48.8 Å². The molecule has 2 atom stereocenters. The molecule has 3 rings (SSSR count). The van der Waals surface area contributed by atoms with E-state index in [0.29, 0.717) is 41.9 Å². The minimum Gasteiger partial charge on any atom is -0.485 e. The number of nitrogens with two attached hydrogens (primary N) is 1. The van der Waals surface area contributed by atoms with Gasteiger partial charge < -0.3 is 19.9 Å². The Morgan fingerprint density at radius 1 is 1.37 bits per heavy atom. The summed E-state index contributed by atoms with van der Waals surface area (Å²) in [4.78, 5) is 18.9. The summed E-state index contributed by atoms with van der Waals surface area (Å²) in [5.41, 5.74) is 6.52. The predicted molar refractivity (Wildman–Crippen MR) is 104 cm³/mol. The molecule has 2 unspecified atom stereocenters. The zero-order valence-electron chi connectivity index (χ0n) is 15.8. The van der Waals surface area contributed by atoms with Gasteiger partial charge in [0.25, 0.3) is 5.91 Å². The third kappa shape index (κ3) is 5.20. The minimum absolute atomic E-state index is 0. The molecule has 0 saturated carbocycles. The molecule has 0 radical (unpaired) electrons. The molecular weight excluding hydrogens is 368 g/mol. The van der Waals surface area contributed by atoms with Crippen molar-refractivity contribution in [1.82, 2.24) is 15.0 Å². The molecule has 1 aliphatic heterocycles. The second-order valence-corrected chi connectivity index (χ2v) is 6.79. The van der Waals surface area contributed by atoms with Gasteiger partial charge in [-0.1, -0.05) is 19.0 Å². The molecule has 1 aliphatic rings. The Hall–Kier alpha value is -2.12. The van der Waals surface area contributed by atoms with Gasteiger partial charge >= 0.3 is 0 Å². The highest BCUT2D eigenvalue weighted by atomic mass is 35.5. The highest BCUT2D eigenvalue weighted by Gasteiger charge is 2.29. The van der Waals surface area contributed by atoms with E-state index < -0.39 is 0 Å². The summed E-state index contributed by atoms with van der Waals surface area (Å²) in [5.74, 6) is 2.41. The van der Waals surface area contributed by atoms with Crippen molar-refractivity contribution >= 4 is 18.3 Å². The predicted octanol–water partition coefficient (Wildman–Crippen LogP) is 2.83. The fourth-order valence-electron chi connectivity index (χ4n) is 3.24. The van der Waals surface area contributed by atoms with Crippen molar-refractivity contribution in [2.45, 2.75) is 45.8 Å². The van der Waals surface area contributed by atoms with Gasteiger partial charge in [-0.25, -0.2) is 0 Å². The van der Waals surface area contributed by atoms with Gasteiger partial charge in [0.05, 0.1) is 0 Å². The Labute approximate surface area is 165 Å². The number of aromatic nitrogens is 2. The molecular formula is C19H27ClN4O3. The fourth-order valence-corrected chi connectivity index (χ4v) is 3.24. The number of nitrogens with zero attached hydrogens (tertiary/aromatic N) is 3. The van der Waals surface area contributed by atoms with Gasteiger partial charge in [0, 0.05) is 31.1 Å². The maximum atomic E-state index is 12.8. The van der Waals surface area contributed by atoms with Gasteiger partial charge in [0.15, 0.2) is 6.61 Å². The maximum Gasteiger partial charge on any atom is 0.254 e. The summed E-state index contributed by atoms with van der Waals surface area (Å²) in [7, 11) is 0. The summed E-state index contributed by atoms with van der Waals surface area (Å²) in [6.45, 7) is 5.66. The van der Waals surface area contributed by atoms with E-state index in [4.69, 9.17) is 15.0 Å². The standard InChI is InChI=1S/C19H26N4O3.ClH/c1-3-18-21-17(22-26-18)12-25-16-6-4-14(5-7-16)19(24)23-9-8-13(2)10-15(23)11-20;/h4-7,13,15H,3,8-12,20H2,1-2H3;1H. The van der Waals surface area contributed by atoms with E-state index in [1.54, 1.807) is 24.3 Å². The number of hydrogen-bond donors (Lipinski definition) is 1. The monoisotopic (exact) mass is 394 g/mol. The number of hydrogen-bond acceptors (Lipinski definition) is 6. The van der Waals surface area contributed by atoms with Gasteiger partial charge in [-0.05, 0) is 43.0 Å². The van der Waals surface area contributed by atoms with Crippen LogP contribution >= 0.6 is 12.4 Å². The van der Waals surface area contributed by atoms with E-state index in [-0.39, 0.29) is 31.0 Å². The number of amides is 1. The number of rotatable bonds is 6. The topological polar surface area (TPSA) is 94.5 Å². The van der Waals surface area contributed by atoms with Crippen molar-refractivity contribution in [3.63, 3.8) is 0 Å². The lowest BCUT2D eigenvalue weighted by molar-refractivity contribution is 0.0573. The number of aryl methyl sites for hydroxylation is 1. The van der Waals surface area contributed by atoms with Gasteiger partial charge in [-0.3, -0.25) is 4.79 Å². The van der Waals surface area contributed by atoms with E-state index in [1.165, 1.54) is 0 Å². The van der Waals surface area contributed by atoms with Crippen molar-refractivity contribution in [3.8, 4) is 5.75 Å². The molecule has 1 saturated heterocycles. The molecule has 2 heterocycles. The number of piperidine rings is 1. The molecule has 148 valence electrons. The summed E-state index contributed by atoms with van der Waals surface area (Å²) < 4.78 is 10.7. The first-order valence-corrected chi connectivity index (χ1v) is 9.16. The molecule has 0 aliphatic carbocycles. The third-order valence-electron chi connectivity index (χ3n) is 4.79. The molecule has 1 aromatic heterocycles. The number of carbonyl (C=O) groups is 1. The Morgan fingerprint density at radius 2 is 2.11 bits per heavy atom. The molecule has 8 heteroatoms. The van der Waals surface area contributed by atoms with Gasteiger partial charge in [0.1, 0.15) is 5.75 Å². The van der Waals surface area contributed by atoms with Crippen molar-refractivity contribution < 1.29 is 14.1 Å². The van der Waals surface area contributed by atoms with Crippen LogP contribution in [-0.2, 0) is 13.0 Å². The molecule has 2 aromatic rings. The van der Waals surface area contributed by atoms with Crippen molar-refractivity contribution in [1.29, 1.82) is 0 Å². The summed E-state index contributed by atoms with van der Waals surface area (Å²) in [6, 6.07) is 7.28. The lowest BCUT2D eigenvalue weighted by Crippen LogP contribution is -2.49. The van der Waals surface area contributed by atoms with Crippen molar-refractivity contribution in [2.75, 3.05) is 13.1 Å². The summed E-state index contributed by atoms with van der Waals surface area (Å²) in [5, 5.41) is 3.85. The zero-order valence-corrected chi connectivity index (χ0v) is 16.6. The molecule has 1 fully saturated rings. The first-order chi connectivity index (χ1) is 12.6. The average molecular weight is 395 g/mol. The Morgan fingerprint density at radius 3 is 2.74 bits per heavy atom. The number of benzene rings is 1. The number of ether oxygens (including phenoxy) is 1. The second-order valence-electron chi connectivity index (χ2n) is 6.79. The normalized spacial score (nSPS) is 19.4. The Kier molecular flexibility index (Phi) is 7.62. The largest absolute Gasteiger partial charge is 0.485 e. The van der Waals surface area contributed by atoms with Crippen LogP contribution in [-0.4, -0.2) is 40.1 Å². The lowest BCUT2D eigenvalue weighted by atomic mass is 9.92. The molecule has 1 aromatic carbocycles.